The quantitative estimate of drug-likeness (QED) is 0.477. The molecule has 0 aliphatic carbocycles. The zero-order valence-corrected chi connectivity index (χ0v) is 18.8. The van der Waals surface area contributed by atoms with E-state index in [0.717, 1.165) is 38.0 Å². The Labute approximate surface area is 174 Å². The van der Waals surface area contributed by atoms with Crippen LogP contribution in [0.4, 0.5) is 5.69 Å². The van der Waals surface area contributed by atoms with Crippen molar-refractivity contribution in [3.63, 3.8) is 0 Å². The van der Waals surface area contributed by atoms with E-state index >= 15 is 0 Å². The van der Waals surface area contributed by atoms with Gasteiger partial charge in [0.1, 0.15) is 0 Å². The van der Waals surface area contributed by atoms with Crippen LogP contribution >= 0.6 is 0 Å². The maximum absolute atomic E-state index is 12.0. The average Bonchev–Trinajstić information content (AvgIpc) is 2.99. The second kappa shape index (κ2) is 8.76. The standard InChI is InChI=1S/C23H33N3O2S/c1-5-26-21-12-8-7-11-19(21)20-17-18(13-14-22(20)26)24-15-9-6-10-16-25-29(27,28)23(2,3)4/h7-8,11-14,17,24-25H,5-6,9-10,15-16H2,1-4H3. The van der Waals surface area contributed by atoms with Gasteiger partial charge in [-0.15, -0.1) is 0 Å². The second-order valence-corrected chi connectivity index (χ2v) is 11.0. The average molecular weight is 416 g/mol. The highest BCUT2D eigenvalue weighted by Gasteiger charge is 2.27. The maximum Gasteiger partial charge on any atom is 0.216 e. The highest BCUT2D eigenvalue weighted by atomic mass is 32.2. The number of benzene rings is 2. The summed E-state index contributed by atoms with van der Waals surface area (Å²) in [6.07, 6.45) is 2.84. The number of fused-ring (bicyclic) bond motifs is 3. The number of aryl methyl sites for hydroxylation is 1. The smallest absolute Gasteiger partial charge is 0.216 e. The van der Waals surface area contributed by atoms with E-state index in [4.69, 9.17) is 0 Å². The summed E-state index contributed by atoms with van der Waals surface area (Å²) in [4.78, 5) is 0. The van der Waals surface area contributed by atoms with Crippen LogP contribution in [0.1, 0.15) is 47.0 Å². The maximum atomic E-state index is 12.0. The van der Waals surface area contributed by atoms with Crippen molar-refractivity contribution in [1.29, 1.82) is 0 Å². The summed E-state index contributed by atoms with van der Waals surface area (Å²) in [6.45, 7) is 9.66. The van der Waals surface area contributed by atoms with E-state index < -0.39 is 14.8 Å². The van der Waals surface area contributed by atoms with E-state index in [0.29, 0.717) is 6.54 Å². The van der Waals surface area contributed by atoms with Crippen molar-refractivity contribution in [2.75, 3.05) is 18.4 Å². The van der Waals surface area contributed by atoms with Gasteiger partial charge in [-0.25, -0.2) is 13.1 Å². The van der Waals surface area contributed by atoms with Crippen molar-refractivity contribution in [3.05, 3.63) is 42.5 Å². The molecule has 5 nitrogen and oxygen atoms in total. The molecule has 0 unspecified atom stereocenters. The summed E-state index contributed by atoms with van der Waals surface area (Å²) in [5.41, 5.74) is 3.68. The van der Waals surface area contributed by atoms with Gasteiger partial charge >= 0.3 is 0 Å². The van der Waals surface area contributed by atoms with E-state index in [9.17, 15) is 8.42 Å². The summed E-state index contributed by atoms with van der Waals surface area (Å²) in [5.74, 6) is 0. The molecule has 0 spiro atoms. The lowest BCUT2D eigenvalue weighted by Gasteiger charge is -2.19. The molecule has 0 radical (unpaired) electrons. The van der Waals surface area contributed by atoms with Gasteiger partial charge in [0.25, 0.3) is 0 Å². The highest BCUT2D eigenvalue weighted by Crippen LogP contribution is 2.30. The van der Waals surface area contributed by atoms with Crippen LogP contribution in [0.25, 0.3) is 21.8 Å². The molecular weight excluding hydrogens is 382 g/mol. The first-order valence-corrected chi connectivity index (χ1v) is 12.0. The van der Waals surface area contributed by atoms with Gasteiger partial charge in [-0.1, -0.05) is 24.6 Å². The Morgan fingerprint density at radius 3 is 2.31 bits per heavy atom. The van der Waals surface area contributed by atoms with Crippen LogP contribution in [-0.4, -0.2) is 30.8 Å². The van der Waals surface area contributed by atoms with Gasteiger partial charge in [-0.3, -0.25) is 0 Å². The lowest BCUT2D eigenvalue weighted by molar-refractivity contribution is 0.540. The number of rotatable bonds is 9. The first kappa shape index (κ1) is 21.7. The Bertz CT molecular complexity index is 1080. The van der Waals surface area contributed by atoms with E-state index in [1.165, 1.54) is 21.8 Å². The summed E-state index contributed by atoms with van der Waals surface area (Å²) in [7, 11) is -3.24. The van der Waals surface area contributed by atoms with Crippen molar-refractivity contribution in [1.82, 2.24) is 9.29 Å². The minimum Gasteiger partial charge on any atom is -0.385 e. The number of nitrogens with one attached hydrogen (secondary N) is 2. The van der Waals surface area contributed by atoms with Crippen LogP contribution in [0, 0.1) is 0 Å². The number of nitrogens with zero attached hydrogens (tertiary/aromatic N) is 1. The fourth-order valence-electron chi connectivity index (χ4n) is 3.59. The molecule has 0 atom stereocenters. The SMILES string of the molecule is CCn1c2ccccc2c2cc(NCCCCCNS(=O)(=O)C(C)(C)C)ccc21. The molecule has 0 amide bonds. The number of aromatic nitrogens is 1. The Morgan fingerprint density at radius 1 is 0.897 bits per heavy atom. The topological polar surface area (TPSA) is 63.1 Å². The molecule has 3 aromatic rings. The number of hydrogen-bond donors (Lipinski definition) is 2. The third-order valence-electron chi connectivity index (χ3n) is 5.37. The zero-order chi connectivity index (χ0) is 21.1. The van der Waals surface area contributed by atoms with Gasteiger partial charge in [0.15, 0.2) is 0 Å². The summed E-state index contributed by atoms with van der Waals surface area (Å²) >= 11 is 0. The number of para-hydroxylation sites is 1. The van der Waals surface area contributed by atoms with E-state index in [1.807, 2.05) is 0 Å². The molecule has 0 saturated carbocycles. The largest absolute Gasteiger partial charge is 0.385 e. The fourth-order valence-corrected chi connectivity index (χ4v) is 4.43. The predicted molar refractivity (Wildman–Crippen MR) is 124 cm³/mol. The number of anilines is 1. The van der Waals surface area contributed by atoms with Crippen molar-refractivity contribution >= 4 is 37.5 Å². The van der Waals surface area contributed by atoms with Gasteiger partial charge in [-0.05, 0) is 64.8 Å². The first-order valence-electron chi connectivity index (χ1n) is 10.5. The van der Waals surface area contributed by atoms with Gasteiger partial charge in [0.2, 0.25) is 10.0 Å². The minimum atomic E-state index is -3.24. The van der Waals surface area contributed by atoms with Crippen molar-refractivity contribution in [2.45, 2.75) is 58.2 Å². The van der Waals surface area contributed by atoms with E-state index in [1.54, 1.807) is 20.8 Å². The molecule has 3 rings (SSSR count). The second-order valence-electron chi connectivity index (χ2n) is 8.49. The molecule has 29 heavy (non-hydrogen) atoms. The minimum absolute atomic E-state index is 0.502. The van der Waals surface area contributed by atoms with Crippen LogP contribution in [0.3, 0.4) is 0 Å². The van der Waals surface area contributed by atoms with Gasteiger partial charge in [-0.2, -0.15) is 0 Å². The zero-order valence-electron chi connectivity index (χ0n) is 18.0. The Kier molecular flexibility index (Phi) is 6.54. The van der Waals surface area contributed by atoms with Crippen molar-refractivity contribution < 1.29 is 8.42 Å². The third kappa shape index (κ3) is 4.75. The fraction of sp³-hybridized carbons (Fsp3) is 0.478. The Balaban J connectivity index is 1.52. The Hall–Kier alpha value is -2.05. The molecule has 2 N–H and O–H groups in total. The number of unbranched alkanes of at least 4 members (excludes halogenated alkanes) is 2. The molecular formula is C23H33N3O2S. The molecule has 0 fully saturated rings. The molecule has 0 aliphatic rings. The summed E-state index contributed by atoms with van der Waals surface area (Å²) in [6, 6.07) is 15.1. The highest BCUT2D eigenvalue weighted by molar-refractivity contribution is 7.90. The monoisotopic (exact) mass is 415 g/mol. The van der Waals surface area contributed by atoms with Crippen LogP contribution < -0.4 is 10.0 Å². The van der Waals surface area contributed by atoms with Crippen LogP contribution in [0.15, 0.2) is 42.5 Å². The van der Waals surface area contributed by atoms with Crippen molar-refractivity contribution in [3.8, 4) is 0 Å². The lowest BCUT2D eigenvalue weighted by atomic mass is 10.1. The normalized spacial score (nSPS) is 12.7. The third-order valence-corrected chi connectivity index (χ3v) is 7.57. The Morgan fingerprint density at radius 2 is 1.59 bits per heavy atom. The molecule has 6 heteroatoms. The predicted octanol–water partition coefficient (Wildman–Crippen LogP) is 5.11. The van der Waals surface area contributed by atoms with Crippen LogP contribution in [-0.2, 0) is 16.6 Å². The first-order chi connectivity index (χ1) is 13.7. The van der Waals surface area contributed by atoms with Gasteiger partial charge < -0.3 is 9.88 Å². The molecule has 2 aromatic carbocycles. The molecule has 0 aliphatic heterocycles. The van der Waals surface area contributed by atoms with E-state index in [2.05, 4.69) is 64.0 Å². The summed E-state index contributed by atoms with van der Waals surface area (Å²) < 4.78 is 28.3. The molecule has 0 bridgehead atoms. The van der Waals surface area contributed by atoms with Crippen LogP contribution in [0.2, 0.25) is 0 Å². The molecule has 158 valence electrons. The van der Waals surface area contributed by atoms with Gasteiger partial charge in [0.05, 0.1) is 4.75 Å². The van der Waals surface area contributed by atoms with E-state index in [-0.39, 0.29) is 0 Å². The molecule has 0 saturated heterocycles. The molecule has 1 aromatic heterocycles. The van der Waals surface area contributed by atoms with Crippen LogP contribution in [0.5, 0.6) is 0 Å². The number of hydrogen-bond acceptors (Lipinski definition) is 3. The van der Waals surface area contributed by atoms with Gasteiger partial charge in [0, 0.05) is 47.1 Å². The summed E-state index contributed by atoms with van der Waals surface area (Å²) in [5, 5.41) is 6.08. The number of sulfonamides is 1. The lowest BCUT2D eigenvalue weighted by Crippen LogP contribution is -2.39. The van der Waals surface area contributed by atoms with Crippen molar-refractivity contribution in [2.24, 2.45) is 0 Å². The molecule has 1 heterocycles.